The first-order chi connectivity index (χ1) is 13.6. The van der Waals surface area contributed by atoms with Crippen molar-refractivity contribution in [1.29, 1.82) is 0 Å². The van der Waals surface area contributed by atoms with Crippen LogP contribution in [0.15, 0.2) is 34.3 Å². The average molecular weight is 434 g/mol. The first kappa shape index (κ1) is 19.0. The van der Waals surface area contributed by atoms with Crippen molar-refractivity contribution in [3.05, 3.63) is 40.1 Å². The van der Waals surface area contributed by atoms with Gasteiger partial charge in [-0.15, -0.1) is 0 Å². The monoisotopic (exact) mass is 433 g/mol. The van der Waals surface area contributed by atoms with Crippen LogP contribution in [-0.2, 0) is 0 Å². The molecule has 1 saturated heterocycles. The molecule has 2 heterocycles. The van der Waals surface area contributed by atoms with E-state index < -0.39 is 0 Å². The molecule has 0 unspecified atom stereocenters. The number of aromatic nitrogens is 2. The Kier molecular flexibility index (Phi) is 5.23. The molecule has 5 rings (SSSR count). The van der Waals surface area contributed by atoms with E-state index in [1.54, 1.807) is 11.8 Å². The fourth-order valence-electron chi connectivity index (χ4n) is 4.74. The van der Waals surface area contributed by atoms with E-state index in [4.69, 9.17) is 33.2 Å². The average Bonchev–Trinajstić information content (AvgIpc) is 3.47. The zero-order valence-corrected chi connectivity index (χ0v) is 18.3. The fourth-order valence-corrected chi connectivity index (χ4v) is 6.19. The third-order valence-electron chi connectivity index (χ3n) is 6.65. The molecule has 3 nitrogen and oxygen atoms in total. The number of hydrogen-bond donors (Lipinski definition) is 0. The number of hydrogen-bond acceptors (Lipinski definition) is 4. The Labute approximate surface area is 181 Å². The highest BCUT2D eigenvalue weighted by Gasteiger charge is 2.37. The lowest BCUT2D eigenvalue weighted by Gasteiger charge is -2.40. The van der Waals surface area contributed by atoms with Crippen LogP contribution in [0.2, 0.25) is 10.0 Å². The van der Waals surface area contributed by atoms with Crippen LogP contribution in [0, 0.1) is 5.41 Å². The molecule has 6 heteroatoms. The van der Waals surface area contributed by atoms with Crippen molar-refractivity contribution in [3.8, 4) is 0 Å². The molecule has 2 saturated carbocycles. The SMILES string of the molecule is Clc1cccc(Sc2ncc(N3CCC4(CCCC4)CC3)nc2C2CC2)c1Cl. The number of piperidine rings is 1. The lowest BCUT2D eigenvalue weighted by Crippen LogP contribution is -2.39. The molecular formula is C22H25Cl2N3S. The summed E-state index contributed by atoms with van der Waals surface area (Å²) in [4.78, 5) is 13.3. The Hall–Kier alpha value is -0.970. The van der Waals surface area contributed by atoms with Crippen LogP contribution >= 0.6 is 35.0 Å². The zero-order chi connectivity index (χ0) is 19.1. The molecule has 3 fully saturated rings. The van der Waals surface area contributed by atoms with Crippen LogP contribution in [0.5, 0.6) is 0 Å². The number of nitrogens with zero attached hydrogens (tertiary/aromatic N) is 3. The Balaban J connectivity index is 1.37. The Bertz CT molecular complexity index is 868. The van der Waals surface area contributed by atoms with Crippen molar-refractivity contribution < 1.29 is 0 Å². The van der Waals surface area contributed by atoms with E-state index in [1.807, 2.05) is 24.4 Å². The summed E-state index contributed by atoms with van der Waals surface area (Å²) in [6.07, 6.45) is 12.7. The van der Waals surface area contributed by atoms with E-state index in [0.29, 0.717) is 21.4 Å². The summed E-state index contributed by atoms with van der Waals surface area (Å²) in [6, 6.07) is 5.75. The highest BCUT2D eigenvalue weighted by molar-refractivity contribution is 7.99. The predicted octanol–water partition coefficient (Wildman–Crippen LogP) is 6.97. The highest BCUT2D eigenvalue weighted by Crippen LogP contribution is 2.48. The van der Waals surface area contributed by atoms with E-state index in [2.05, 4.69) is 4.90 Å². The van der Waals surface area contributed by atoms with Crippen molar-refractivity contribution in [2.24, 2.45) is 5.41 Å². The zero-order valence-electron chi connectivity index (χ0n) is 16.0. The first-order valence-electron chi connectivity index (χ1n) is 10.4. The van der Waals surface area contributed by atoms with Crippen LogP contribution < -0.4 is 4.90 Å². The van der Waals surface area contributed by atoms with Crippen LogP contribution in [-0.4, -0.2) is 23.1 Å². The van der Waals surface area contributed by atoms with Gasteiger partial charge in [-0.2, -0.15) is 0 Å². The van der Waals surface area contributed by atoms with Crippen LogP contribution in [0.25, 0.3) is 0 Å². The van der Waals surface area contributed by atoms with Crippen molar-refractivity contribution in [2.75, 3.05) is 18.0 Å². The molecule has 0 radical (unpaired) electrons. The van der Waals surface area contributed by atoms with Crippen molar-refractivity contribution in [2.45, 2.75) is 67.2 Å². The van der Waals surface area contributed by atoms with Crippen molar-refractivity contribution >= 4 is 40.8 Å². The topological polar surface area (TPSA) is 29.0 Å². The Morgan fingerprint density at radius 1 is 1.04 bits per heavy atom. The molecule has 148 valence electrons. The van der Waals surface area contributed by atoms with E-state index in [9.17, 15) is 0 Å². The summed E-state index contributed by atoms with van der Waals surface area (Å²) in [7, 11) is 0. The molecule has 0 amide bonds. The standard InChI is InChI=1S/C22H25Cl2N3S/c23-16-4-3-5-17(19(16)24)28-21-20(15-6-7-15)26-18(14-25-21)27-12-10-22(11-13-27)8-1-2-9-22/h3-5,14-15H,1-2,6-13H2. The maximum atomic E-state index is 6.39. The summed E-state index contributed by atoms with van der Waals surface area (Å²) >= 11 is 14.2. The second kappa shape index (κ2) is 7.70. The van der Waals surface area contributed by atoms with Crippen molar-refractivity contribution in [3.63, 3.8) is 0 Å². The first-order valence-corrected chi connectivity index (χ1v) is 11.9. The van der Waals surface area contributed by atoms with Crippen LogP contribution in [0.4, 0.5) is 5.82 Å². The minimum Gasteiger partial charge on any atom is -0.355 e. The van der Waals surface area contributed by atoms with E-state index in [0.717, 1.165) is 34.5 Å². The molecule has 2 aliphatic carbocycles. The maximum absolute atomic E-state index is 6.39. The third-order valence-corrected chi connectivity index (χ3v) is 8.65. The number of benzene rings is 1. The smallest absolute Gasteiger partial charge is 0.147 e. The van der Waals surface area contributed by atoms with Crippen LogP contribution in [0.1, 0.15) is 63.0 Å². The maximum Gasteiger partial charge on any atom is 0.147 e. The lowest BCUT2D eigenvalue weighted by atomic mass is 9.77. The fraction of sp³-hybridized carbons (Fsp3) is 0.545. The molecule has 2 aromatic rings. The van der Waals surface area contributed by atoms with Gasteiger partial charge in [-0.1, -0.05) is 53.9 Å². The van der Waals surface area contributed by atoms with Gasteiger partial charge >= 0.3 is 0 Å². The molecular weight excluding hydrogens is 409 g/mol. The van der Waals surface area contributed by atoms with E-state index in [1.165, 1.54) is 51.4 Å². The summed E-state index contributed by atoms with van der Waals surface area (Å²) < 4.78 is 0. The van der Waals surface area contributed by atoms with Gasteiger partial charge in [0, 0.05) is 23.9 Å². The molecule has 1 aromatic heterocycles. The van der Waals surface area contributed by atoms with E-state index >= 15 is 0 Å². The van der Waals surface area contributed by atoms with Gasteiger partial charge in [0.1, 0.15) is 10.8 Å². The van der Waals surface area contributed by atoms with Gasteiger partial charge < -0.3 is 4.90 Å². The van der Waals surface area contributed by atoms with Gasteiger partial charge in [0.2, 0.25) is 0 Å². The minimum absolute atomic E-state index is 0.541. The normalized spacial score (nSPS) is 21.4. The molecule has 0 atom stereocenters. The minimum atomic E-state index is 0.541. The number of rotatable bonds is 4. The second-order valence-corrected chi connectivity index (χ2v) is 10.4. The van der Waals surface area contributed by atoms with Crippen LogP contribution in [0.3, 0.4) is 0 Å². The largest absolute Gasteiger partial charge is 0.355 e. The molecule has 0 bridgehead atoms. The van der Waals surface area contributed by atoms with Gasteiger partial charge in [-0.3, -0.25) is 0 Å². The highest BCUT2D eigenvalue weighted by atomic mass is 35.5. The molecule has 1 spiro atoms. The lowest BCUT2D eigenvalue weighted by molar-refractivity contribution is 0.226. The second-order valence-electron chi connectivity index (χ2n) is 8.54. The van der Waals surface area contributed by atoms with Gasteiger partial charge in [0.25, 0.3) is 0 Å². The number of anilines is 1. The van der Waals surface area contributed by atoms with Gasteiger partial charge in [-0.25, -0.2) is 9.97 Å². The predicted molar refractivity (Wildman–Crippen MR) is 117 cm³/mol. The Morgan fingerprint density at radius 2 is 1.79 bits per heavy atom. The van der Waals surface area contributed by atoms with Gasteiger partial charge in [-0.05, 0) is 56.1 Å². The molecule has 3 aliphatic rings. The quantitative estimate of drug-likeness (QED) is 0.520. The molecule has 28 heavy (non-hydrogen) atoms. The summed E-state index contributed by atoms with van der Waals surface area (Å²) in [5, 5.41) is 2.15. The summed E-state index contributed by atoms with van der Waals surface area (Å²) in [5.74, 6) is 1.59. The molecule has 0 N–H and O–H groups in total. The molecule has 1 aliphatic heterocycles. The Morgan fingerprint density at radius 3 is 2.50 bits per heavy atom. The molecule has 1 aromatic carbocycles. The van der Waals surface area contributed by atoms with Gasteiger partial charge in [0.15, 0.2) is 0 Å². The third kappa shape index (κ3) is 3.76. The van der Waals surface area contributed by atoms with Crippen molar-refractivity contribution in [1.82, 2.24) is 9.97 Å². The summed E-state index contributed by atoms with van der Waals surface area (Å²) in [6.45, 7) is 2.23. The summed E-state index contributed by atoms with van der Waals surface area (Å²) in [5.41, 5.74) is 1.77. The van der Waals surface area contributed by atoms with Gasteiger partial charge in [0.05, 0.1) is 21.9 Å². The van der Waals surface area contributed by atoms with E-state index in [-0.39, 0.29) is 0 Å². The number of halogens is 2.